The van der Waals surface area contributed by atoms with Crippen molar-refractivity contribution in [3.8, 4) is 11.1 Å². The Balaban J connectivity index is 1.07. The predicted octanol–water partition coefficient (Wildman–Crippen LogP) is 9.80. The first-order chi connectivity index (χ1) is 23.4. The van der Waals surface area contributed by atoms with Crippen molar-refractivity contribution in [1.82, 2.24) is 19.6 Å². The summed E-state index contributed by atoms with van der Waals surface area (Å²) in [5, 5.41) is 9.39. The Hall–Kier alpha value is -3.30. The topological polar surface area (TPSA) is 65.2 Å². The van der Waals surface area contributed by atoms with Gasteiger partial charge in [-0.15, -0.1) is 5.10 Å². The molecule has 0 unspecified atom stereocenters. The van der Waals surface area contributed by atoms with E-state index in [1.54, 1.807) is 11.7 Å². The SMILES string of the molecule is Cn1nc(F)c2cc([C@H]3CC[C@H](CN(c4cccc(-c5cnn(C6CC6)c5)c4)C(=O)[C@H]4CC[C@H](O[Si](C)(C)C(C)(C)C)CC4)CC3)ccc21. The van der Waals surface area contributed by atoms with E-state index in [0.29, 0.717) is 23.3 Å². The fourth-order valence-corrected chi connectivity index (χ4v) is 9.30. The van der Waals surface area contributed by atoms with Gasteiger partial charge in [-0.3, -0.25) is 14.2 Å². The lowest BCUT2D eigenvalue weighted by molar-refractivity contribution is -0.124. The van der Waals surface area contributed by atoms with Gasteiger partial charge in [0, 0.05) is 43.1 Å². The number of benzene rings is 2. The van der Waals surface area contributed by atoms with Crippen molar-refractivity contribution in [3.63, 3.8) is 0 Å². The van der Waals surface area contributed by atoms with E-state index < -0.39 is 14.3 Å². The number of fused-ring (bicyclic) bond motifs is 1. The Kier molecular flexibility index (Phi) is 9.37. The summed E-state index contributed by atoms with van der Waals surface area (Å²) in [4.78, 5) is 16.7. The maximum Gasteiger partial charge on any atom is 0.240 e. The normalized spacial score (nSPS) is 23.6. The van der Waals surface area contributed by atoms with Gasteiger partial charge in [0.2, 0.25) is 11.9 Å². The molecule has 0 N–H and O–H groups in total. The van der Waals surface area contributed by atoms with Crippen LogP contribution in [0.3, 0.4) is 0 Å². The molecule has 3 aliphatic carbocycles. The van der Waals surface area contributed by atoms with Crippen LogP contribution in [0.2, 0.25) is 18.1 Å². The summed E-state index contributed by atoms with van der Waals surface area (Å²) in [6.45, 7) is 12.3. The zero-order valence-corrected chi connectivity index (χ0v) is 31.3. The van der Waals surface area contributed by atoms with Gasteiger partial charge in [0.05, 0.1) is 23.1 Å². The Morgan fingerprint density at radius 3 is 2.39 bits per heavy atom. The molecule has 3 fully saturated rings. The van der Waals surface area contributed by atoms with Crippen LogP contribution in [0.25, 0.3) is 22.0 Å². The molecule has 2 heterocycles. The second-order valence-electron chi connectivity index (χ2n) is 16.7. The van der Waals surface area contributed by atoms with Crippen LogP contribution in [0, 0.1) is 17.8 Å². The molecular formula is C40H54FN5O2Si. The fourth-order valence-electron chi connectivity index (χ4n) is 7.87. The molecule has 4 aromatic rings. The van der Waals surface area contributed by atoms with Crippen molar-refractivity contribution in [2.45, 2.75) is 121 Å². The van der Waals surface area contributed by atoms with Gasteiger partial charge in [-0.2, -0.15) is 9.49 Å². The first-order valence-corrected chi connectivity index (χ1v) is 21.5. The van der Waals surface area contributed by atoms with Crippen LogP contribution >= 0.6 is 0 Å². The van der Waals surface area contributed by atoms with Gasteiger partial charge in [0.1, 0.15) is 0 Å². The molecule has 2 aromatic carbocycles. The van der Waals surface area contributed by atoms with E-state index in [2.05, 4.69) is 90.2 Å². The fraction of sp³-hybridized carbons (Fsp3) is 0.575. The number of aromatic nitrogens is 4. The highest BCUT2D eigenvalue weighted by Crippen LogP contribution is 2.42. The van der Waals surface area contributed by atoms with E-state index in [0.717, 1.165) is 80.2 Å². The van der Waals surface area contributed by atoms with Crippen LogP contribution in [0.1, 0.15) is 103 Å². The van der Waals surface area contributed by atoms with E-state index in [9.17, 15) is 9.18 Å². The largest absolute Gasteiger partial charge is 0.414 e. The molecule has 0 radical (unpaired) electrons. The highest BCUT2D eigenvalue weighted by molar-refractivity contribution is 6.74. The quantitative estimate of drug-likeness (QED) is 0.165. The van der Waals surface area contributed by atoms with Gasteiger partial charge < -0.3 is 9.33 Å². The first-order valence-electron chi connectivity index (χ1n) is 18.6. The van der Waals surface area contributed by atoms with Crippen molar-refractivity contribution >= 4 is 30.8 Å². The summed E-state index contributed by atoms with van der Waals surface area (Å²) >= 11 is 0. The van der Waals surface area contributed by atoms with E-state index >= 15 is 0 Å². The smallest absolute Gasteiger partial charge is 0.240 e. The third-order valence-corrected chi connectivity index (χ3v) is 16.7. The van der Waals surface area contributed by atoms with E-state index in [1.165, 1.54) is 18.4 Å². The van der Waals surface area contributed by atoms with Gasteiger partial charge in [-0.05, 0) is 130 Å². The van der Waals surface area contributed by atoms with Gasteiger partial charge in [-0.1, -0.05) is 39.0 Å². The van der Waals surface area contributed by atoms with Crippen LogP contribution in [-0.4, -0.2) is 46.4 Å². The lowest BCUT2D eigenvalue weighted by Gasteiger charge is -2.41. The molecule has 3 saturated carbocycles. The first kappa shape index (κ1) is 34.2. The lowest BCUT2D eigenvalue weighted by Crippen LogP contribution is -2.46. The molecule has 0 aliphatic heterocycles. The minimum Gasteiger partial charge on any atom is -0.414 e. The van der Waals surface area contributed by atoms with E-state index in [1.807, 2.05) is 18.3 Å². The third kappa shape index (κ3) is 7.29. The van der Waals surface area contributed by atoms with Crippen molar-refractivity contribution < 1.29 is 13.6 Å². The number of carbonyl (C=O) groups excluding carboxylic acids is 1. The van der Waals surface area contributed by atoms with Gasteiger partial charge >= 0.3 is 0 Å². The van der Waals surface area contributed by atoms with Crippen LogP contribution in [0.4, 0.5) is 10.1 Å². The standard InChI is InChI=1S/C40H54FN5O2Si/c1-40(2,3)49(5,6)48-35-19-14-29(15-20-35)39(47)45(34-9-7-8-30(22-34)32-24-42-46(26-32)33-17-18-33)25-27-10-12-28(13-11-27)31-16-21-37-36(23-31)38(41)43-44(37)4/h7-9,16,21-24,26-29,33,35H,10-15,17-20,25H2,1-6H3/t27-,28-,29-,35-. The maximum atomic E-state index is 14.6. The number of carbonyl (C=O) groups is 1. The summed E-state index contributed by atoms with van der Waals surface area (Å²) in [6, 6.07) is 15.2. The van der Waals surface area contributed by atoms with E-state index in [4.69, 9.17) is 4.43 Å². The van der Waals surface area contributed by atoms with Gasteiger partial charge in [-0.25, -0.2) is 0 Å². The van der Waals surface area contributed by atoms with Crippen molar-refractivity contribution in [3.05, 3.63) is 66.4 Å². The van der Waals surface area contributed by atoms with Gasteiger partial charge in [0.15, 0.2) is 8.32 Å². The summed E-state index contributed by atoms with van der Waals surface area (Å²) < 4.78 is 25.0. The molecule has 49 heavy (non-hydrogen) atoms. The number of amides is 1. The molecule has 3 aliphatic rings. The highest BCUT2D eigenvalue weighted by Gasteiger charge is 2.41. The van der Waals surface area contributed by atoms with Crippen LogP contribution in [-0.2, 0) is 16.3 Å². The summed E-state index contributed by atoms with van der Waals surface area (Å²) in [7, 11) is -0.0697. The predicted molar refractivity (Wildman–Crippen MR) is 198 cm³/mol. The Labute approximate surface area is 292 Å². The van der Waals surface area contributed by atoms with Crippen molar-refractivity contribution in [1.29, 1.82) is 0 Å². The molecule has 0 spiro atoms. The zero-order chi connectivity index (χ0) is 34.5. The van der Waals surface area contributed by atoms with Crippen molar-refractivity contribution in [2.24, 2.45) is 18.9 Å². The Morgan fingerprint density at radius 2 is 1.69 bits per heavy atom. The molecule has 9 heteroatoms. The number of anilines is 1. The minimum absolute atomic E-state index is 0.0120. The lowest BCUT2D eigenvalue weighted by atomic mass is 9.78. The summed E-state index contributed by atoms with van der Waals surface area (Å²) in [6.07, 6.45) is 14.6. The number of hydrogen-bond donors (Lipinski definition) is 0. The monoisotopic (exact) mass is 683 g/mol. The number of aryl methyl sites for hydroxylation is 1. The maximum absolute atomic E-state index is 14.6. The summed E-state index contributed by atoms with van der Waals surface area (Å²) in [5.41, 5.74) is 5.22. The van der Waals surface area contributed by atoms with Gasteiger partial charge in [0.25, 0.3) is 0 Å². The average Bonchev–Trinajstić information content (AvgIpc) is 3.74. The molecule has 262 valence electrons. The Bertz CT molecular complexity index is 1790. The number of hydrogen-bond acceptors (Lipinski definition) is 4. The molecular weight excluding hydrogens is 630 g/mol. The molecule has 7 nitrogen and oxygen atoms in total. The van der Waals surface area contributed by atoms with Crippen LogP contribution < -0.4 is 4.90 Å². The third-order valence-electron chi connectivity index (χ3n) is 12.2. The molecule has 0 saturated heterocycles. The van der Waals surface area contributed by atoms with Crippen LogP contribution in [0.5, 0.6) is 0 Å². The number of rotatable bonds is 9. The molecule has 2 aromatic heterocycles. The number of halogens is 1. The average molecular weight is 684 g/mol. The molecule has 1 amide bonds. The van der Waals surface area contributed by atoms with E-state index in [-0.39, 0.29) is 23.0 Å². The molecule has 0 bridgehead atoms. The zero-order valence-electron chi connectivity index (χ0n) is 30.3. The van der Waals surface area contributed by atoms with Crippen molar-refractivity contribution in [2.75, 3.05) is 11.4 Å². The van der Waals surface area contributed by atoms with Crippen LogP contribution in [0.15, 0.2) is 54.9 Å². The summed E-state index contributed by atoms with van der Waals surface area (Å²) in [5.74, 6) is 0.685. The molecule has 0 atom stereocenters. The Morgan fingerprint density at radius 1 is 0.959 bits per heavy atom. The highest BCUT2D eigenvalue weighted by atomic mass is 28.4. The minimum atomic E-state index is -1.86. The second-order valence-corrected chi connectivity index (χ2v) is 21.5. The molecule has 7 rings (SSSR count). The number of nitrogens with zero attached hydrogens (tertiary/aromatic N) is 5. The second kappa shape index (κ2) is 13.4.